The minimum absolute atomic E-state index is 0.0367. The van der Waals surface area contributed by atoms with Crippen LogP contribution in [0.25, 0.3) is 0 Å². The lowest BCUT2D eigenvalue weighted by Gasteiger charge is -2.43. The summed E-state index contributed by atoms with van der Waals surface area (Å²) in [6.45, 7) is 15.4. The van der Waals surface area contributed by atoms with Crippen LogP contribution in [0.3, 0.4) is 0 Å². The van der Waals surface area contributed by atoms with Crippen LogP contribution in [0.4, 0.5) is 4.79 Å². The molecule has 498 valence electrons. The van der Waals surface area contributed by atoms with E-state index in [1.807, 2.05) is 44.2 Å². The maximum absolute atomic E-state index is 14.9. The van der Waals surface area contributed by atoms with Crippen molar-refractivity contribution in [3.05, 3.63) is 59.7 Å². The largest absolute Gasteiger partial charge is 0.480 e. The van der Waals surface area contributed by atoms with Gasteiger partial charge in [-0.15, -0.1) is 6.42 Å². The van der Waals surface area contributed by atoms with Crippen LogP contribution in [0.15, 0.2) is 48.5 Å². The molecule has 26 heteroatoms. The van der Waals surface area contributed by atoms with E-state index in [0.29, 0.717) is 25.8 Å². The van der Waals surface area contributed by atoms with E-state index in [4.69, 9.17) is 58.5 Å². The van der Waals surface area contributed by atoms with Gasteiger partial charge in [-0.05, 0) is 48.3 Å². The van der Waals surface area contributed by atoms with Crippen molar-refractivity contribution in [2.45, 2.75) is 181 Å². The number of nitrogens with one attached hydrogen (secondary N) is 2. The molecule has 2 N–H and O–H groups in total. The highest BCUT2D eigenvalue weighted by Crippen LogP contribution is 2.35. The third-order valence-electron chi connectivity index (χ3n) is 16.0. The number of carbonyl (C=O) groups is 10. The van der Waals surface area contributed by atoms with Crippen LogP contribution >= 0.6 is 0 Å². The molecule has 2 aliphatic rings. The summed E-state index contributed by atoms with van der Waals surface area (Å²) in [7, 11) is 8.23. The Labute approximate surface area is 527 Å². The molecule has 2 heterocycles. The molecule has 2 fully saturated rings. The lowest BCUT2D eigenvalue weighted by Crippen LogP contribution is -2.64. The monoisotopic (exact) mass is 1270 g/mol. The molecule has 2 aromatic carbocycles. The molecule has 0 aromatic heterocycles. The number of esters is 5. The van der Waals surface area contributed by atoms with Crippen LogP contribution in [0.2, 0.25) is 0 Å². The average Bonchev–Trinajstić information content (AvgIpc) is 0.985. The van der Waals surface area contributed by atoms with E-state index in [0.717, 1.165) is 38.3 Å². The first kappa shape index (κ1) is 74.4. The third kappa shape index (κ3) is 20.0. The Hall–Kier alpha value is -8.02. The smallest absolute Gasteiger partial charge is 0.410 e. The van der Waals surface area contributed by atoms with Crippen LogP contribution in [0, 0.1) is 36.0 Å². The van der Waals surface area contributed by atoms with Crippen molar-refractivity contribution in [2.75, 3.05) is 55.7 Å². The molecule has 0 saturated carbocycles. The highest BCUT2D eigenvalue weighted by Gasteiger charge is 2.56. The summed E-state index contributed by atoms with van der Waals surface area (Å²) in [5.41, 5.74) is 1.08. The molecule has 0 spiro atoms. The number of benzene rings is 2. The highest BCUT2D eigenvalue weighted by atomic mass is 16.7. The van der Waals surface area contributed by atoms with Gasteiger partial charge >= 0.3 is 35.9 Å². The van der Waals surface area contributed by atoms with Gasteiger partial charge in [0.2, 0.25) is 36.0 Å². The summed E-state index contributed by atoms with van der Waals surface area (Å²) in [5.74, 6) is -5.81. The topological polar surface area (TPSA) is 306 Å². The fourth-order valence-electron chi connectivity index (χ4n) is 11.3. The molecule has 2 aliphatic heterocycles. The third-order valence-corrected chi connectivity index (χ3v) is 16.0. The molecule has 4 rings (SSSR count). The van der Waals surface area contributed by atoms with E-state index in [1.54, 1.807) is 46.6 Å². The van der Waals surface area contributed by atoms with E-state index >= 15 is 0 Å². The Balaban J connectivity index is 1.52. The first-order valence-corrected chi connectivity index (χ1v) is 29.9. The lowest BCUT2D eigenvalue weighted by atomic mass is 9.89. The lowest BCUT2D eigenvalue weighted by molar-refractivity contribution is -0.282. The number of methoxy groups -OCH3 is 4. The molecular formula is C64H91N5O21. The number of likely N-dealkylation sites (N-methyl/N-ethyl adjacent to an activating group) is 2. The van der Waals surface area contributed by atoms with Crippen molar-refractivity contribution in [1.82, 2.24) is 25.3 Å². The molecule has 0 aliphatic carbocycles. The van der Waals surface area contributed by atoms with Gasteiger partial charge < -0.3 is 72.5 Å². The first-order valence-electron chi connectivity index (χ1n) is 29.9. The fourth-order valence-corrected chi connectivity index (χ4v) is 11.3. The maximum atomic E-state index is 14.9. The van der Waals surface area contributed by atoms with Gasteiger partial charge in [-0.25, -0.2) is 14.4 Å². The van der Waals surface area contributed by atoms with E-state index in [1.165, 1.54) is 51.5 Å². The fraction of sp³-hybridized carbons (Fsp3) is 0.625. The summed E-state index contributed by atoms with van der Waals surface area (Å²) >= 11 is 0. The molecule has 26 nitrogen and oxygen atoms in total. The predicted octanol–water partition coefficient (Wildman–Crippen LogP) is 4.33. The zero-order valence-corrected chi connectivity index (χ0v) is 54.5. The number of terminal acetylenes is 1. The number of hydrogen-bond donors (Lipinski definition) is 2. The zero-order chi connectivity index (χ0) is 67.3. The van der Waals surface area contributed by atoms with Crippen molar-refractivity contribution < 1.29 is 100 Å². The van der Waals surface area contributed by atoms with Crippen LogP contribution in [0.1, 0.15) is 106 Å². The minimum atomic E-state index is -1.74. The summed E-state index contributed by atoms with van der Waals surface area (Å²) in [6, 6.07) is 8.95. The summed E-state index contributed by atoms with van der Waals surface area (Å²) in [5, 5.41) is 5.75. The Morgan fingerprint density at radius 3 is 1.96 bits per heavy atom. The molecule has 5 amide bonds. The first-order chi connectivity index (χ1) is 42.6. The molecule has 14 atom stereocenters. The summed E-state index contributed by atoms with van der Waals surface area (Å²) in [4.78, 5) is 139. The second kappa shape index (κ2) is 35.4. The number of amides is 5. The summed E-state index contributed by atoms with van der Waals surface area (Å²) in [6.07, 6.45) is -3.48. The van der Waals surface area contributed by atoms with Gasteiger partial charge in [0.15, 0.2) is 18.3 Å². The number of ether oxygens (including phenoxy) is 11. The predicted molar refractivity (Wildman–Crippen MR) is 322 cm³/mol. The zero-order valence-electron chi connectivity index (χ0n) is 54.5. The second-order valence-electron chi connectivity index (χ2n) is 23.0. The molecule has 90 heavy (non-hydrogen) atoms. The number of carbonyl (C=O) groups excluding carboxylic acids is 10. The molecule has 2 saturated heterocycles. The summed E-state index contributed by atoms with van der Waals surface area (Å²) < 4.78 is 61.7. The van der Waals surface area contributed by atoms with Crippen LogP contribution in [0.5, 0.6) is 11.5 Å². The molecule has 14 unspecified atom stereocenters. The maximum Gasteiger partial charge on any atom is 0.410 e. The van der Waals surface area contributed by atoms with Crippen molar-refractivity contribution in [1.29, 1.82) is 0 Å². The number of likely N-dealkylation sites (tertiary alicyclic amines) is 1. The van der Waals surface area contributed by atoms with Crippen molar-refractivity contribution in [3.63, 3.8) is 0 Å². The molecule has 0 bridgehead atoms. The van der Waals surface area contributed by atoms with E-state index < -0.39 is 151 Å². The van der Waals surface area contributed by atoms with Gasteiger partial charge in [-0.1, -0.05) is 91.1 Å². The Bertz CT molecular complexity index is 2830. The number of nitrogens with zero attached hydrogens (tertiary/aromatic N) is 3. The average molecular weight is 1270 g/mol. The quantitative estimate of drug-likeness (QED) is 0.0603. The van der Waals surface area contributed by atoms with Crippen LogP contribution in [-0.4, -0.2) is 203 Å². The van der Waals surface area contributed by atoms with Gasteiger partial charge in [0.05, 0.1) is 50.8 Å². The van der Waals surface area contributed by atoms with Gasteiger partial charge in [0.25, 0.3) is 0 Å². The second-order valence-corrected chi connectivity index (χ2v) is 23.0. The molecule has 2 aromatic rings. The van der Waals surface area contributed by atoms with E-state index in [9.17, 15) is 47.9 Å². The van der Waals surface area contributed by atoms with Gasteiger partial charge in [0.1, 0.15) is 42.8 Å². The Kier molecular flexibility index (Phi) is 29.3. The minimum Gasteiger partial charge on any atom is -0.480 e. The van der Waals surface area contributed by atoms with Crippen LogP contribution in [-0.2, 0) is 98.8 Å². The SMILES string of the molecule is C#CCOc1cc(OC2OC(C(=O)OC)C(OC(C)=O)C(OC(C)=O)C2OC(C)=O)ccc1COC(=O)N(C)C(C(=O)NC(C(=O)N(C)C(C(C)CC)C(CC(=O)N1CCCC1C(OC)C(C)C(=O)NC(Cc1ccccc1)C(=O)OC)OC)C(C)C)C(C)C. The van der Waals surface area contributed by atoms with Crippen molar-refractivity contribution in [3.8, 4) is 23.8 Å². The van der Waals surface area contributed by atoms with Gasteiger partial charge in [-0.3, -0.25) is 38.5 Å². The number of hydrogen-bond acceptors (Lipinski definition) is 21. The normalized spacial score (nSPS) is 20.6. The Morgan fingerprint density at radius 1 is 0.767 bits per heavy atom. The van der Waals surface area contributed by atoms with Crippen molar-refractivity contribution in [2.24, 2.45) is 23.7 Å². The highest BCUT2D eigenvalue weighted by molar-refractivity contribution is 5.92. The van der Waals surface area contributed by atoms with Gasteiger partial charge in [0, 0.05) is 73.7 Å². The van der Waals surface area contributed by atoms with Crippen molar-refractivity contribution >= 4 is 59.6 Å². The standard InChI is InChI=1S/C64H91N5O21/c1-18-30-84-47-32-44(89-63-57(88-41(11)72)55(87-40(10)71)54(86-39(9)70)56(90-63)62(78)83-17)28-27-43(47)34-85-64(79)68(13)51(36(5)6)59(75)66-50(35(3)4)60(76)67(12)52(37(7)19-2)48(80-14)33-49(73)69-29-23-26-46(69)53(81-15)38(8)58(74)65-45(61(77)82-16)31-42-24-21-20-22-25-42/h1,20-22,24-25,27-28,32,35-38,45-46,48,50-57,63H,19,23,26,29-31,33-34H2,2-17H3,(H,65,74)(H,66,75). The Morgan fingerprint density at radius 2 is 1.40 bits per heavy atom. The van der Waals surface area contributed by atoms with Crippen LogP contribution < -0.4 is 20.1 Å². The molecule has 0 radical (unpaired) electrons. The van der Waals surface area contributed by atoms with Gasteiger partial charge in [-0.2, -0.15) is 0 Å². The number of rotatable bonds is 31. The van der Waals surface area contributed by atoms with E-state index in [-0.39, 0.29) is 48.3 Å². The molecular weight excluding hydrogens is 1170 g/mol. The van der Waals surface area contributed by atoms with E-state index in [2.05, 4.69) is 16.6 Å².